The van der Waals surface area contributed by atoms with E-state index in [-0.39, 0.29) is 17.3 Å². The van der Waals surface area contributed by atoms with Crippen LogP contribution in [0.2, 0.25) is 0 Å². The van der Waals surface area contributed by atoms with Crippen LogP contribution < -0.4 is 11.1 Å². The quantitative estimate of drug-likeness (QED) is 0.628. The van der Waals surface area contributed by atoms with Crippen molar-refractivity contribution in [2.45, 2.75) is 4.90 Å². The summed E-state index contributed by atoms with van der Waals surface area (Å²) in [5.41, 5.74) is 6.58. The van der Waals surface area contributed by atoms with Crippen LogP contribution in [0.4, 0.5) is 20.2 Å². The lowest BCUT2D eigenvalue weighted by Crippen LogP contribution is -2.14. The first-order valence-corrected chi connectivity index (χ1v) is 7.66. The van der Waals surface area contributed by atoms with E-state index in [4.69, 9.17) is 5.73 Å². The summed E-state index contributed by atoms with van der Waals surface area (Å²) < 4.78 is 26.7. The Hall–Kier alpha value is -1.60. The summed E-state index contributed by atoms with van der Waals surface area (Å²) in [6, 6.07) is 8.55. The van der Waals surface area contributed by atoms with E-state index in [1.54, 1.807) is 12.1 Å². The van der Waals surface area contributed by atoms with Gasteiger partial charge in [-0.05, 0) is 30.3 Å². The zero-order chi connectivity index (χ0) is 15.4. The van der Waals surface area contributed by atoms with Gasteiger partial charge in [0.1, 0.15) is 0 Å². The molecule has 0 aliphatic heterocycles. The van der Waals surface area contributed by atoms with E-state index in [1.807, 2.05) is 6.07 Å². The molecule has 0 aliphatic rings. The van der Waals surface area contributed by atoms with Gasteiger partial charge in [-0.25, -0.2) is 8.78 Å². The summed E-state index contributed by atoms with van der Waals surface area (Å²) in [7, 11) is 0. The van der Waals surface area contributed by atoms with Gasteiger partial charge in [0.05, 0.1) is 5.75 Å². The Labute approximate surface area is 133 Å². The Bertz CT molecular complexity index is 682. The molecule has 0 saturated carbocycles. The van der Waals surface area contributed by atoms with Crippen LogP contribution in [0.5, 0.6) is 0 Å². The molecule has 0 spiro atoms. The van der Waals surface area contributed by atoms with Gasteiger partial charge >= 0.3 is 0 Å². The highest BCUT2D eigenvalue weighted by Crippen LogP contribution is 2.28. The van der Waals surface area contributed by atoms with Gasteiger partial charge in [0.25, 0.3) is 0 Å². The maximum Gasteiger partial charge on any atom is 0.234 e. The third-order valence-electron chi connectivity index (χ3n) is 2.54. The summed E-state index contributed by atoms with van der Waals surface area (Å²) >= 11 is 4.59. The number of carbonyl (C=O) groups is 1. The molecular weight excluding hydrogens is 362 g/mol. The second-order valence-corrected chi connectivity index (χ2v) is 6.08. The van der Waals surface area contributed by atoms with Gasteiger partial charge in [-0.3, -0.25) is 4.79 Å². The second-order valence-electron chi connectivity index (χ2n) is 4.15. The van der Waals surface area contributed by atoms with Crippen LogP contribution in [-0.4, -0.2) is 11.7 Å². The molecule has 2 rings (SSSR count). The summed E-state index contributed by atoms with van der Waals surface area (Å²) in [4.78, 5) is 12.5. The molecule has 3 nitrogen and oxygen atoms in total. The molecule has 2 aromatic carbocycles. The third kappa shape index (κ3) is 4.44. The van der Waals surface area contributed by atoms with E-state index >= 15 is 0 Å². The monoisotopic (exact) mass is 372 g/mol. The van der Waals surface area contributed by atoms with Gasteiger partial charge < -0.3 is 11.1 Å². The van der Waals surface area contributed by atoms with Crippen LogP contribution >= 0.6 is 27.7 Å². The number of nitrogens with one attached hydrogen (secondary N) is 1. The van der Waals surface area contributed by atoms with Gasteiger partial charge in [0.2, 0.25) is 5.91 Å². The van der Waals surface area contributed by atoms with Crippen LogP contribution in [0.1, 0.15) is 0 Å². The van der Waals surface area contributed by atoms with Crippen LogP contribution in [0.25, 0.3) is 0 Å². The Morgan fingerprint density at radius 1 is 1.19 bits per heavy atom. The highest BCUT2D eigenvalue weighted by Gasteiger charge is 2.08. The van der Waals surface area contributed by atoms with E-state index in [0.29, 0.717) is 5.69 Å². The van der Waals surface area contributed by atoms with Crippen LogP contribution in [-0.2, 0) is 4.79 Å². The molecule has 0 bridgehead atoms. The lowest BCUT2D eigenvalue weighted by molar-refractivity contribution is -0.113. The van der Waals surface area contributed by atoms with Crippen LogP contribution in [0, 0.1) is 11.6 Å². The van der Waals surface area contributed by atoms with Crippen molar-refractivity contribution in [1.29, 1.82) is 0 Å². The van der Waals surface area contributed by atoms with E-state index in [9.17, 15) is 13.6 Å². The van der Waals surface area contributed by atoms with E-state index < -0.39 is 11.6 Å². The topological polar surface area (TPSA) is 55.1 Å². The fraction of sp³-hybridized carbons (Fsp3) is 0.0714. The first-order chi connectivity index (χ1) is 9.95. The largest absolute Gasteiger partial charge is 0.398 e. The molecule has 21 heavy (non-hydrogen) atoms. The first kappa shape index (κ1) is 15.8. The zero-order valence-electron chi connectivity index (χ0n) is 10.7. The van der Waals surface area contributed by atoms with Crippen LogP contribution in [0.3, 0.4) is 0 Å². The van der Waals surface area contributed by atoms with Gasteiger partial charge in [-0.2, -0.15) is 0 Å². The molecule has 0 aliphatic carbocycles. The molecular formula is C14H11BrF2N2OS. The number of hydrogen-bond donors (Lipinski definition) is 2. The van der Waals surface area contributed by atoms with E-state index in [2.05, 4.69) is 21.2 Å². The number of benzene rings is 2. The molecule has 0 radical (unpaired) electrons. The maximum atomic E-state index is 13.0. The fourth-order valence-corrected chi connectivity index (χ4v) is 2.86. The molecule has 3 N–H and O–H groups in total. The Kier molecular flexibility index (Phi) is 5.19. The standard InChI is InChI=1S/C14H11BrF2N2OS/c15-8-1-4-12(18)13(5-8)21-7-14(20)19-9-2-3-10(16)11(17)6-9/h1-6H,7,18H2,(H,19,20). The van der Waals surface area contributed by atoms with Gasteiger partial charge in [0, 0.05) is 26.8 Å². The number of anilines is 2. The van der Waals surface area contributed by atoms with Gasteiger partial charge in [-0.15, -0.1) is 11.8 Å². The second kappa shape index (κ2) is 6.91. The molecule has 110 valence electrons. The van der Waals surface area contributed by atoms with Crippen molar-refractivity contribution >= 4 is 45.0 Å². The van der Waals surface area contributed by atoms with Crippen molar-refractivity contribution in [3.8, 4) is 0 Å². The average molecular weight is 373 g/mol. The number of nitrogen functional groups attached to an aromatic ring is 1. The number of thioether (sulfide) groups is 1. The minimum atomic E-state index is -1.00. The Morgan fingerprint density at radius 3 is 2.67 bits per heavy atom. The number of amides is 1. The molecule has 0 aromatic heterocycles. The highest BCUT2D eigenvalue weighted by atomic mass is 79.9. The minimum Gasteiger partial charge on any atom is -0.398 e. The molecule has 0 unspecified atom stereocenters. The smallest absolute Gasteiger partial charge is 0.234 e. The molecule has 7 heteroatoms. The average Bonchev–Trinajstić information content (AvgIpc) is 2.44. The number of nitrogens with two attached hydrogens (primary N) is 1. The number of carbonyl (C=O) groups excluding carboxylic acids is 1. The van der Waals surface area contributed by atoms with Crippen molar-refractivity contribution in [2.24, 2.45) is 0 Å². The van der Waals surface area contributed by atoms with Gasteiger partial charge in [-0.1, -0.05) is 15.9 Å². The van der Waals surface area contributed by atoms with Crippen molar-refractivity contribution in [3.63, 3.8) is 0 Å². The lowest BCUT2D eigenvalue weighted by Gasteiger charge is -2.07. The highest BCUT2D eigenvalue weighted by molar-refractivity contribution is 9.10. The summed E-state index contributed by atoms with van der Waals surface area (Å²) in [6.07, 6.45) is 0. The minimum absolute atomic E-state index is 0.111. The van der Waals surface area contributed by atoms with Crippen molar-refractivity contribution in [2.75, 3.05) is 16.8 Å². The Balaban J connectivity index is 1.95. The predicted molar refractivity (Wildman–Crippen MR) is 84.3 cm³/mol. The van der Waals surface area contributed by atoms with Crippen molar-refractivity contribution in [3.05, 3.63) is 52.5 Å². The summed E-state index contributed by atoms with van der Waals surface area (Å²) in [6.45, 7) is 0. The number of halogens is 3. The predicted octanol–water partition coefficient (Wildman–Crippen LogP) is 4.04. The van der Waals surface area contributed by atoms with E-state index in [0.717, 1.165) is 21.5 Å². The molecule has 2 aromatic rings. The van der Waals surface area contributed by atoms with Crippen LogP contribution in [0.15, 0.2) is 45.8 Å². The molecule has 0 atom stereocenters. The fourth-order valence-electron chi connectivity index (χ4n) is 1.55. The summed E-state index contributed by atoms with van der Waals surface area (Å²) in [5, 5.41) is 2.50. The van der Waals surface area contributed by atoms with E-state index in [1.165, 1.54) is 17.8 Å². The number of hydrogen-bond acceptors (Lipinski definition) is 3. The van der Waals surface area contributed by atoms with Gasteiger partial charge in [0.15, 0.2) is 11.6 Å². The maximum absolute atomic E-state index is 13.0. The summed E-state index contributed by atoms with van der Waals surface area (Å²) in [5.74, 6) is -2.18. The number of rotatable bonds is 4. The molecule has 0 saturated heterocycles. The molecule has 1 amide bonds. The molecule has 0 fully saturated rings. The lowest BCUT2D eigenvalue weighted by atomic mass is 10.3. The zero-order valence-corrected chi connectivity index (χ0v) is 13.1. The molecule has 0 heterocycles. The first-order valence-electron chi connectivity index (χ1n) is 5.88. The Morgan fingerprint density at radius 2 is 1.95 bits per heavy atom. The van der Waals surface area contributed by atoms with Crippen molar-refractivity contribution < 1.29 is 13.6 Å². The normalized spacial score (nSPS) is 10.4. The third-order valence-corrected chi connectivity index (χ3v) is 4.10. The van der Waals surface area contributed by atoms with Crippen molar-refractivity contribution in [1.82, 2.24) is 0 Å². The SMILES string of the molecule is Nc1ccc(Br)cc1SCC(=O)Nc1ccc(F)c(F)c1.